The Morgan fingerprint density at radius 2 is 1.53 bits per heavy atom. The van der Waals surface area contributed by atoms with E-state index in [-0.39, 0.29) is 41.1 Å². The van der Waals surface area contributed by atoms with Gasteiger partial charge in [-0.2, -0.15) is 0 Å². The van der Waals surface area contributed by atoms with Crippen LogP contribution >= 0.6 is 23.2 Å². The van der Waals surface area contributed by atoms with Gasteiger partial charge in [0, 0.05) is 35.6 Å². The maximum Gasteiger partial charge on any atom is 0.264 e. The van der Waals surface area contributed by atoms with Gasteiger partial charge in [0.15, 0.2) is 11.5 Å². The fourth-order valence-corrected chi connectivity index (χ4v) is 7.03. The molecule has 0 aliphatic heterocycles. The molecule has 12 heteroatoms. The first-order chi connectivity index (χ1) is 23.3. The molecule has 0 heterocycles. The highest BCUT2D eigenvalue weighted by Crippen LogP contribution is 2.34. The van der Waals surface area contributed by atoms with Crippen LogP contribution in [0, 0.1) is 12.8 Å². The summed E-state index contributed by atoms with van der Waals surface area (Å²) in [5.41, 5.74) is 2.39. The van der Waals surface area contributed by atoms with E-state index in [0.29, 0.717) is 27.9 Å². The van der Waals surface area contributed by atoms with E-state index in [1.165, 1.54) is 43.4 Å². The molecule has 2 amide bonds. The SMILES string of the molecule is COc1ccc(N(CC(=O)N(Cc2ccc(Cl)cc2Cl)C(Cc2ccccc2)C(=O)NCC(C)C)S(=O)(=O)c2ccc(C)cc2)cc1OC. The first kappa shape index (κ1) is 37.6. The molecule has 0 aliphatic rings. The number of methoxy groups -OCH3 is 2. The van der Waals surface area contributed by atoms with Crippen molar-refractivity contribution < 1.29 is 27.5 Å². The van der Waals surface area contributed by atoms with Crippen LogP contribution in [0.5, 0.6) is 11.5 Å². The van der Waals surface area contributed by atoms with E-state index in [1.807, 2.05) is 51.1 Å². The Morgan fingerprint density at radius 1 is 0.857 bits per heavy atom. The molecule has 0 saturated carbocycles. The van der Waals surface area contributed by atoms with Crippen LogP contribution < -0.4 is 19.1 Å². The van der Waals surface area contributed by atoms with E-state index in [0.717, 1.165) is 15.4 Å². The van der Waals surface area contributed by atoms with Gasteiger partial charge in [-0.3, -0.25) is 13.9 Å². The normalized spacial score (nSPS) is 11.9. The minimum atomic E-state index is -4.31. The van der Waals surface area contributed by atoms with Gasteiger partial charge in [-0.05, 0) is 60.4 Å². The van der Waals surface area contributed by atoms with Gasteiger partial charge in [-0.25, -0.2) is 8.42 Å². The van der Waals surface area contributed by atoms with Gasteiger partial charge in [0.05, 0.1) is 24.8 Å². The second kappa shape index (κ2) is 16.9. The Balaban J connectivity index is 1.86. The molecular weight excluding hydrogens is 685 g/mol. The molecule has 0 spiro atoms. The highest BCUT2D eigenvalue weighted by molar-refractivity contribution is 7.92. The highest BCUT2D eigenvalue weighted by atomic mass is 35.5. The van der Waals surface area contributed by atoms with E-state index in [9.17, 15) is 18.0 Å². The molecule has 4 aromatic rings. The Morgan fingerprint density at radius 3 is 2.14 bits per heavy atom. The molecular formula is C37H41Cl2N3O6S. The molecule has 4 rings (SSSR count). The Bertz CT molecular complexity index is 1850. The predicted octanol–water partition coefficient (Wildman–Crippen LogP) is 6.93. The van der Waals surface area contributed by atoms with Crippen molar-refractivity contribution >= 4 is 50.7 Å². The highest BCUT2D eigenvalue weighted by Gasteiger charge is 2.35. The third-order valence-corrected chi connectivity index (χ3v) is 10.2. The first-order valence-corrected chi connectivity index (χ1v) is 17.9. The van der Waals surface area contributed by atoms with Crippen molar-refractivity contribution in [2.75, 3.05) is 31.6 Å². The summed E-state index contributed by atoms with van der Waals surface area (Å²) < 4.78 is 40.6. The standard InChI is InChI=1S/C37H41Cl2N3O6S/c1-25(2)22-40-37(44)33(19-27-9-7-6-8-10-27)41(23-28-13-14-29(38)20-32(28)39)36(43)24-42(30-15-18-34(47-4)35(21-30)48-5)49(45,46)31-16-11-26(3)12-17-31/h6-18,20-21,25,33H,19,22-24H2,1-5H3,(H,40,44). The van der Waals surface area contributed by atoms with E-state index in [4.69, 9.17) is 32.7 Å². The summed E-state index contributed by atoms with van der Waals surface area (Å²) in [5.74, 6) is -0.200. The number of aryl methyl sites for hydroxylation is 1. The van der Waals surface area contributed by atoms with Crippen LogP contribution in [0.2, 0.25) is 10.0 Å². The second-order valence-electron chi connectivity index (χ2n) is 12.0. The number of amides is 2. The monoisotopic (exact) mass is 725 g/mol. The van der Waals surface area contributed by atoms with Crippen LogP contribution in [0.15, 0.2) is 95.9 Å². The number of nitrogens with one attached hydrogen (secondary N) is 1. The molecule has 1 unspecified atom stereocenters. The number of sulfonamides is 1. The van der Waals surface area contributed by atoms with Gasteiger partial charge in [-0.15, -0.1) is 0 Å². The number of carbonyl (C=O) groups is 2. The summed E-state index contributed by atoms with van der Waals surface area (Å²) >= 11 is 12.8. The quantitative estimate of drug-likeness (QED) is 0.143. The maximum atomic E-state index is 14.7. The number of ether oxygens (including phenoxy) is 2. The Labute approximate surface area is 298 Å². The number of benzene rings is 4. The minimum absolute atomic E-state index is 0.0107. The van der Waals surface area contributed by atoms with Crippen molar-refractivity contribution in [1.82, 2.24) is 10.2 Å². The molecule has 0 aliphatic carbocycles. The lowest BCUT2D eigenvalue weighted by atomic mass is 10.0. The third-order valence-electron chi connectivity index (χ3n) is 7.85. The zero-order valence-electron chi connectivity index (χ0n) is 28.2. The second-order valence-corrected chi connectivity index (χ2v) is 14.7. The van der Waals surface area contributed by atoms with Crippen LogP contribution in [0.1, 0.15) is 30.5 Å². The lowest BCUT2D eigenvalue weighted by Gasteiger charge is -2.34. The lowest BCUT2D eigenvalue weighted by Crippen LogP contribution is -2.53. The molecule has 0 fully saturated rings. The van der Waals surface area contributed by atoms with Gasteiger partial charge in [0.1, 0.15) is 12.6 Å². The van der Waals surface area contributed by atoms with E-state index in [1.54, 1.807) is 36.4 Å². The van der Waals surface area contributed by atoms with Crippen LogP contribution in [0.4, 0.5) is 5.69 Å². The summed E-state index contributed by atoms with van der Waals surface area (Å²) in [6.07, 6.45) is 0.169. The van der Waals surface area contributed by atoms with Gasteiger partial charge in [0.25, 0.3) is 10.0 Å². The van der Waals surface area contributed by atoms with Gasteiger partial charge >= 0.3 is 0 Å². The Kier molecular flexibility index (Phi) is 13.0. The topological polar surface area (TPSA) is 105 Å². The molecule has 0 aromatic heterocycles. The lowest BCUT2D eigenvalue weighted by molar-refractivity contribution is -0.140. The van der Waals surface area contributed by atoms with Crippen molar-refractivity contribution in [3.8, 4) is 11.5 Å². The number of hydrogen-bond acceptors (Lipinski definition) is 6. The third kappa shape index (κ3) is 9.68. The Hall–Kier alpha value is -4.25. The van der Waals surface area contributed by atoms with Crippen molar-refractivity contribution in [1.29, 1.82) is 0 Å². The molecule has 0 radical (unpaired) electrons. The van der Waals surface area contributed by atoms with E-state index >= 15 is 0 Å². The zero-order chi connectivity index (χ0) is 35.7. The molecule has 0 saturated heterocycles. The van der Waals surface area contributed by atoms with Gasteiger partial charge < -0.3 is 19.7 Å². The first-order valence-electron chi connectivity index (χ1n) is 15.7. The smallest absolute Gasteiger partial charge is 0.264 e. The van der Waals surface area contributed by atoms with Crippen molar-refractivity contribution in [2.24, 2.45) is 5.92 Å². The summed E-state index contributed by atoms with van der Waals surface area (Å²) in [7, 11) is -1.40. The molecule has 1 atom stereocenters. The van der Waals surface area contributed by atoms with Crippen LogP contribution in [-0.4, -0.2) is 58.5 Å². The fraction of sp³-hybridized carbons (Fsp3) is 0.297. The fourth-order valence-electron chi connectivity index (χ4n) is 5.16. The van der Waals surface area contributed by atoms with Crippen LogP contribution in [0.25, 0.3) is 0 Å². The van der Waals surface area contributed by atoms with Gasteiger partial charge in [0.2, 0.25) is 11.8 Å². The minimum Gasteiger partial charge on any atom is -0.493 e. The number of halogens is 2. The number of anilines is 1. The number of nitrogens with zero attached hydrogens (tertiary/aromatic N) is 2. The van der Waals surface area contributed by atoms with Gasteiger partial charge in [-0.1, -0.05) is 91.1 Å². The van der Waals surface area contributed by atoms with Crippen LogP contribution in [0.3, 0.4) is 0 Å². The van der Waals surface area contributed by atoms with E-state index in [2.05, 4.69) is 5.32 Å². The molecule has 1 N–H and O–H groups in total. The molecule has 0 bridgehead atoms. The summed E-state index contributed by atoms with van der Waals surface area (Å²) in [6, 6.07) is 24.2. The average molecular weight is 727 g/mol. The zero-order valence-corrected chi connectivity index (χ0v) is 30.5. The molecule has 260 valence electrons. The van der Waals surface area contributed by atoms with Crippen molar-refractivity contribution in [2.45, 2.75) is 44.7 Å². The number of rotatable bonds is 15. The molecule has 9 nitrogen and oxygen atoms in total. The number of carbonyl (C=O) groups excluding carboxylic acids is 2. The average Bonchev–Trinajstić information content (AvgIpc) is 3.08. The van der Waals surface area contributed by atoms with Crippen molar-refractivity contribution in [3.05, 3.63) is 118 Å². The predicted molar refractivity (Wildman–Crippen MR) is 194 cm³/mol. The molecule has 4 aromatic carbocycles. The molecule has 49 heavy (non-hydrogen) atoms. The van der Waals surface area contributed by atoms with E-state index < -0.39 is 28.5 Å². The summed E-state index contributed by atoms with van der Waals surface area (Å²) in [4.78, 5) is 30.0. The summed E-state index contributed by atoms with van der Waals surface area (Å²) in [5, 5.41) is 3.68. The van der Waals surface area contributed by atoms with Crippen molar-refractivity contribution in [3.63, 3.8) is 0 Å². The number of hydrogen-bond donors (Lipinski definition) is 1. The van der Waals surface area contributed by atoms with Crippen LogP contribution in [-0.2, 0) is 32.6 Å². The maximum absolute atomic E-state index is 14.7. The largest absolute Gasteiger partial charge is 0.493 e. The summed E-state index contributed by atoms with van der Waals surface area (Å²) in [6.45, 7) is 5.45.